The fraction of sp³-hybridized carbons (Fsp3) is 0.136. The van der Waals surface area contributed by atoms with Gasteiger partial charge in [0.05, 0.1) is 29.0 Å². The second kappa shape index (κ2) is 9.14. The fourth-order valence-electron chi connectivity index (χ4n) is 3.36. The first-order valence-electron chi connectivity index (χ1n) is 10.1. The normalized spacial score (nSPS) is 11.5. The van der Waals surface area contributed by atoms with Crippen LogP contribution in [0.4, 0.5) is 24.5 Å². The van der Waals surface area contributed by atoms with Crippen molar-refractivity contribution in [2.24, 2.45) is 0 Å². The molecule has 0 atom stereocenters. The van der Waals surface area contributed by atoms with Gasteiger partial charge < -0.3 is 5.32 Å². The summed E-state index contributed by atoms with van der Waals surface area (Å²) >= 11 is 0. The molecule has 34 heavy (non-hydrogen) atoms. The Kier molecular flexibility index (Phi) is 6.24. The van der Waals surface area contributed by atoms with Crippen LogP contribution in [0, 0.1) is 17.5 Å². The fourth-order valence-corrected chi connectivity index (χ4v) is 4.49. The van der Waals surface area contributed by atoms with Crippen molar-refractivity contribution in [3.05, 3.63) is 71.7 Å². The molecule has 0 aliphatic carbocycles. The summed E-state index contributed by atoms with van der Waals surface area (Å²) < 4.78 is 69.4. The van der Waals surface area contributed by atoms with Crippen molar-refractivity contribution in [1.82, 2.24) is 15.2 Å². The van der Waals surface area contributed by atoms with Crippen molar-refractivity contribution in [3.8, 4) is 11.3 Å². The Labute approximate surface area is 192 Å². The number of pyridine rings is 1. The summed E-state index contributed by atoms with van der Waals surface area (Å²) in [6, 6.07) is 9.08. The van der Waals surface area contributed by atoms with Crippen LogP contribution in [-0.4, -0.2) is 35.3 Å². The van der Waals surface area contributed by atoms with Gasteiger partial charge in [0.25, 0.3) is 5.91 Å². The number of anilines is 2. The number of amides is 1. The molecule has 0 fully saturated rings. The minimum Gasteiger partial charge on any atom is -0.320 e. The Morgan fingerprint density at radius 3 is 2.59 bits per heavy atom. The van der Waals surface area contributed by atoms with Crippen molar-refractivity contribution >= 4 is 38.3 Å². The zero-order chi connectivity index (χ0) is 24.5. The Morgan fingerprint density at radius 2 is 1.85 bits per heavy atom. The topological polar surface area (TPSA) is 117 Å². The minimum atomic E-state index is -3.87. The van der Waals surface area contributed by atoms with Gasteiger partial charge in [-0.2, -0.15) is 5.10 Å². The molecular formula is C22H18F3N5O3S. The molecule has 0 spiro atoms. The summed E-state index contributed by atoms with van der Waals surface area (Å²) in [4.78, 5) is 16.8. The van der Waals surface area contributed by atoms with Crippen LogP contribution in [-0.2, 0) is 10.0 Å². The number of H-pyrrole nitrogens is 1. The second-order valence-electron chi connectivity index (χ2n) is 7.33. The minimum absolute atomic E-state index is 0.0623. The third-order valence-electron chi connectivity index (χ3n) is 4.87. The van der Waals surface area contributed by atoms with E-state index in [4.69, 9.17) is 0 Å². The number of benzene rings is 2. The highest BCUT2D eigenvalue weighted by Gasteiger charge is 2.23. The maximum absolute atomic E-state index is 14.9. The van der Waals surface area contributed by atoms with Crippen LogP contribution in [0.3, 0.4) is 0 Å². The first-order valence-corrected chi connectivity index (χ1v) is 11.7. The van der Waals surface area contributed by atoms with Crippen LogP contribution in [0.15, 0.2) is 48.7 Å². The summed E-state index contributed by atoms with van der Waals surface area (Å²) in [6.07, 6.45) is 1.50. The number of carbonyl (C=O) groups is 1. The predicted molar refractivity (Wildman–Crippen MR) is 121 cm³/mol. The monoisotopic (exact) mass is 489 g/mol. The summed E-state index contributed by atoms with van der Waals surface area (Å²) in [5, 5.41) is 9.40. The number of carbonyl (C=O) groups excluding carboxylic acids is 1. The molecule has 0 bridgehead atoms. The van der Waals surface area contributed by atoms with Crippen LogP contribution in [0.2, 0.25) is 0 Å². The second-order valence-corrected chi connectivity index (χ2v) is 9.17. The van der Waals surface area contributed by atoms with E-state index in [9.17, 15) is 26.4 Å². The van der Waals surface area contributed by atoms with E-state index in [1.807, 2.05) is 4.72 Å². The van der Waals surface area contributed by atoms with E-state index in [1.165, 1.54) is 30.5 Å². The van der Waals surface area contributed by atoms with Gasteiger partial charge in [0.2, 0.25) is 10.0 Å². The van der Waals surface area contributed by atoms with Crippen LogP contribution in [0.25, 0.3) is 22.3 Å². The van der Waals surface area contributed by atoms with Crippen LogP contribution >= 0.6 is 0 Å². The number of hydrogen-bond donors (Lipinski definition) is 3. The molecule has 3 N–H and O–H groups in total. The van der Waals surface area contributed by atoms with Crippen molar-refractivity contribution in [2.45, 2.75) is 13.3 Å². The first kappa shape index (κ1) is 23.2. The highest BCUT2D eigenvalue weighted by atomic mass is 32.2. The number of nitrogens with one attached hydrogen (secondary N) is 3. The number of hydrogen-bond acceptors (Lipinski definition) is 5. The summed E-state index contributed by atoms with van der Waals surface area (Å²) in [7, 11) is -3.87. The lowest BCUT2D eigenvalue weighted by molar-refractivity contribution is 0.101. The van der Waals surface area contributed by atoms with E-state index < -0.39 is 44.6 Å². The highest BCUT2D eigenvalue weighted by molar-refractivity contribution is 7.92. The number of rotatable bonds is 7. The number of nitrogens with zero attached hydrogens (tertiary/aromatic N) is 2. The maximum Gasteiger partial charge on any atom is 0.261 e. The van der Waals surface area contributed by atoms with Gasteiger partial charge in [0.1, 0.15) is 17.2 Å². The van der Waals surface area contributed by atoms with E-state index in [1.54, 1.807) is 13.0 Å². The molecule has 0 aliphatic heterocycles. The molecule has 8 nitrogen and oxygen atoms in total. The van der Waals surface area contributed by atoms with Crippen molar-refractivity contribution < 1.29 is 26.4 Å². The summed E-state index contributed by atoms with van der Waals surface area (Å²) in [5.74, 6) is -4.48. The van der Waals surface area contributed by atoms with E-state index in [0.29, 0.717) is 11.1 Å². The smallest absolute Gasteiger partial charge is 0.261 e. The Balaban J connectivity index is 1.67. The molecule has 0 unspecified atom stereocenters. The molecule has 2 heterocycles. The molecule has 2 aromatic carbocycles. The van der Waals surface area contributed by atoms with Crippen LogP contribution < -0.4 is 10.0 Å². The molecule has 0 aliphatic rings. The van der Waals surface area contributed by atoms with Gasteiger partial charge in [-0.3, -0.25) is 14.6 Å². The Hall–Kier alpha value is -3.93. The van der Waals surface area contributed by atoms with Crippen molar-refractivity contribution in [2.75, 3.05) is 15.8 Å². The Bertz CT molecular complexity index is 1510. The summed E-state index contributed by atoms with van der Waals surface area (Å²) in [6.45, 7) is 1.63. The number of fused-ring (bicyclic) bond motifs is 1. The number of sulfonamides is 1. The molecule has 1 amide bonds. The van der Waals surface area contributed by atoms with E-state index in [-0.39, 0.29) is 29.1 Å². The quantitative estimate of drug-likeness (QED) is 0.355. The lowest BCUT2D eigenvalue weighted by atomic mass is 10.1. The molecule has 4 aromatic rings. The lowest BCUT2D eigenvalue weighted by Gasteiger charge is -2.12. The van der Waals surface area contributed by atoms with Gasteiger partial charge in [-0.1, -0.05) is 19.1 Å². The van der Waals surface area contributed by atoms with E-state index in [2.05, 4.69) is 20.5 Å². The van der Waals surface area contributed by atoms with Gasteiger partial charge in [-0.25, -0.2) is 26.6 Å². The predicted octanol–water partition coefficient (Wildman–Crippen LogP) is 4.45. The number of aromatic nitrogens is 3. The molecule has 0 saturated heterocycles. The van der Waals surface area contributed by atoms with Gasteiger partial charge in [0, 0.05) is 10.9 Å². The lowest BCUT2D eigenvalue weighted by Crippen LogP contribution is -2.20. The van der Waals surface area contributed by atoms with E-state index >= 15 is 0 Å². The molecule has 4 rings (SSSR count). The molecule has 176 valence electrons. The standard InChI is InChI=1S/C22H18F3N5O3S/c1-2-9-34(32,33)30-17-8-7-16(24)18(19(17)25)22(31)27-12-10-14-20(28-29-21(14)26-11-12)13-5-3-4-6-15(13)23/h3-8,10-11,30H,2,9H2,1H3,(H,27,31)(H,26,28,29). The van der Waals surface area contributed by atoms with E-state index in [0.717, 1.165) is 12.1 Å². The van der Waals surface area contributed by atoms with Crippen molar-refractivity contribution in [1.29, 1.82) is 0 Å². The molecule has 0 radical (unpaired) electrons. The third kappa shape index (κ3) is 4.57. The molecule has 0 saturated carbocycles. The third-order valence-corrected chi connectivity index (χ3v) is 6.34. The SMILES string of the molecule is CCCS(=O)(=O)Nc1ccc(F)c(C(=O)Nc2cnc3n[nH]c(-c4ccccc4F)c3c2)c1F. The average Bonchev–Trinajstić information content (AvgIpc) is 3.19. The first-order chi connectivity index (χ1) is 16.2. The van der Waals surface area contributed by atoms with Gasteiger partial charge >= 0.3 is 0 Å². The van der Waals surface area contributed by atoms with Crippen molar-refractivity contribution in [3.63, 3.8) is 0 Å². The molecule has 2 aromatic heterocycles. The largest absolute Gasteiger partial charge is 0.320 e. The average molecular weight is 489 g/mol. The molecular weight excluding hydrogens is 471 g/mol. The van der Waals surface area contributed by atoms with Crippen LogP contribution in [0.5, 0.6) is 0 Å². The van der Waals surface area contributed by atoms with Crippen LogP contribution in [0.1, 0.15) is 23.7 Å². The number of aromatic amines is 1. The Morgan fingerprint density at radius 1 is 1.09 bits per heavy atom. The zero-order valence-corrected chi connectivity index (χ0v) is 18.5. The maximum atomic E-state index is 14.9. The number of halogens is 3. The van der Waals surface area contributed by atoms with Gasteiger partial charge in [0.15, 0.2) is 11.5 Å². The highest BCUT2D eigenvalue weighted by Crippen LogP contribution is 2.29. The molecule has 12 heteroatoms. The zero-order valence-electron chi connectivity index (χ0n) is 17.7. The van der Waals surface area contributed by atoms with Gasteiger partial charge in [-0.05, 0) is 36.8 Å². The summed E-state index contributed by atoms with van der Waals surface area (Å²) in [5.41, 5.74) is -0.697. The van der Waals surface area contributed by atoms with Gasteiger partial charge in [-0.15, -0.1) is 0 Å².